The molecule has 2 aromatic carbocycles. The molecule has 2 amide bonds. The van der Waals surface area contributed by atoms with Crippen LogP contribution in [0, 0.1) is 0 Å². The highest BCUT2D eigenvalue weighted by atomic mass is 16.6. The summed E-state index contributed by atoms with van der Waals surface area (Å²) in [7, 11) is 1.47. The molecule has 0 aliphatic carbocycles. The minimum atomic E-state index is -0.523. The number of methoxy groups -OCH3 is 1. The molecule has 2 heterocycles. The van der Waals surface area contributed by atoms with Crippen molar-refractivity contribution in [3.05, 3.63) is 59.7 Å². The first kappa shape index (κ1) is 23.2. The van der Waals surface area contributed by atoms with Crippen molar-refractivity contribution in [2.45, 2.75) is 43.5 Å². The summed E-state index contributed by atoms with van der Waals surface area (Å²) in [6.07, 6.45) is 0.392. The molecule has 1 fully saturated rings. The van der Waals surface area contributed by atoms with E-state index in [2.05, 4.69) is 10.6 Å². The molecule has 0 unspecified atom stereocenters. The topological polar surface area (TPSA) is 106 Å². The second-order valence-corrected chi connectivity index (χ2v) is 8.43. The van der Waals surface area contributed by atoms with Crippen molar-refractivity contribution in [3.63, 3.8) is 0 Å². The summed E-state index contributed by atoms with van der Waals surface area (Å²) < 4.78 is 17.0. The van der Waals surface area contributed by atoms with Crippen LogP contribution in [-0.2, 0) is 25.5 Å². The quantitative estimate of drug-likeness (QED) is 0.535. The molecule has 8 nitrogen and oxygen atoms in total. The molecule has 0 radical (unpaired) electrons. The number of benzene rings is 2. The average Bonchev–Trinajstić information content (AvgIpc) is 3.17. The van der Waals surface area contributed by atoms with Gasteiger partial charge in [0.05, 0.1) is 19.1 Å². The van der Waals surface area contributed by atoms with E-state index in [0.29, 0.717) is 24.4 Å². The highest BCUT2D eigenvalue weighted by Gasteiger charge is 2.46. The molecule has 33 heavy (non-hydrogen) atoms. The lowest BCUT2D eigenvalue weighted by molar-refractivity contribution is -0.142. The maximum atomic E-state index is 12.5. The molecule has 0 bridgehead atoms. The van der Waals surface area contributed by atoms with Crippen LogP contribution in [0.15, 0.2) is 48.5 Å². The molecule has 2 aromatic rings. The Balaban J connectivity index is 1.38. The summed E-state index contributed by atoms with van der Waals surface area (Å²) in [5.74, 6) is 0.362. The van der Waals surface area contributed by atoms with E-state index in [-0.39, 0.29) is 49.6 Å². The Labute approximate surface area is 193 Å². The Morgan fingerprint density at radius 2 is 1.97 bits per heavy atom. The van der Waals surface area contributed by atoms with E-state index >= 15 is 0 Å². The Kier molecular flexibility index (Phi) is 7.59. The molecule has 4 rings (SSSR count). The van der Waals surface area contributed by atoms with Crippen molar-refractivity contribution < 1.29 is 28.9 Å². The first-order valence-corrected chi connectivity index (χ1v) is 11.2. The fourth-order valence-corrected chi connectivity index (χ4v) is 4.56. The molecule has 2 aliphatic heterocycles. The predicted molar refractivity (Wildman–Crippen MR) is 122 cm³/mol. The van der Waals surface area contributed by atoms with Gasteiger partial charge in [-0.1, -0.05) is 30.3 Å². The van der Waals surface area contributed by atoms with Crippen LogP contribution in [0.5, 0.6) is 5.75 Å². The van der Waals surface area contributed by atoms with Gasteiger partial charge in [0, 0.05) is 30.8 Å². The number of aliphatic hydroxyl groups is 1. The number of carbonyl (C=O) groups is 2. The van der Waals surface area contributed by atoms with Gasteiger partial charge in [-0.2, -0.15) is 0 Å². The van der Waals surface area contributed by atoms with E-state index in [0.717, 1.165) is 12.0 Å². The van der Waals surface area contributed by atoms with Gasteiger partial charge in [0.2, 0.25) is 11.8 Å². The van der Waals surface area contributed by atoms with Gasteiger partial charge in [-0.25, -0.2) is 0 Å². The van der Waals surface area contributed by atoms with E-state index in [9.17, 15) is 14.7 Å². The minimum Gasteiger partial charge on any atom is -0.487 e. The first-order chi connectivity index (χ1) is 16.1. The van der Waals surface area contributed by atoms with Gasteiger partial charge in [-0.3, -0.25) is 9.59 Å². The standard InChI is InChI=1S/C25H30N2O6/c1-31-15-24(30)27-17-7-8-21-19(11-17)20-12-18(32-22(14-28)25(20)33-21)13-23(29)26-10-9-16-5-3-2-4-6-16/h2-8,11,18,20,22,25,28H,9-10,12-15H2,1H3,(H,26,29)(H,27,30)/t18-,20-,22+,25+/m1/s1. The van der Waals surface area contributed by atoms with Crippen molar-refractivity contribution in [1.82, 2.24) is 5.32 Å². The van der Waals surface area contributed by atoms with Crippen molar-refractivity contribution in [2.75, 3.05) is 32.2 Å². The third kappa shape index (κ3) is 5.71. The average molecular weight is 455 g/mol. The zero-order valence-electron chi connectivity index (χ0n) is 18.7. The van der Waals surface area contributed by atoms with Crippen molar-refractivity contribution in [2.24, 2.45) is 0 Å². The lowest BCUT2D eigenvalue weighted by Crippen LogP contribution is -2.47. The maximum absolute atomic E-state index is 12.5. The molecule has 0 saturated carbocycles. The summed E-state index contributed by atoms with van der Waals surface area (Å²) in [5, 5.41) is 15.7. The molecule has 0 aromatic heterocycles. The number of hydrogen-bond donors (Lipinski definition) is 3. The van der Waals surface area contributed by atoms with Gasteiger partial charge in [0.25, 0.3) is 0 Å². The Morgan fingerprint density at radius 3 is 2.73 bits per heavy atom. The largest absolute Gasteiger partial charge is 0.487 e. The third-order valence-electron chi connectivity index (χ3n) is 6.05. The van der Waals surface area contributed by atoms with Gasteiger partial charge in [-0.15, -0.1) is 0 Å². The van der Waals surface area contributed by atoms with E-state index in [1.807, 2.05) is 42.5 Å². The number of fused-ring (bicyclic) bond motifs is 3. The summed E-state index contributed by atoms with van der Waals surface area (Å²) in [4.78, 5) is 24.4. The number of carbonyl (C=O) groups excluding carboxylic acids is 2. The van der Waals surface area contributed by atoms with Crippen LogP contribution in [0.2, 0.25) is 0 Å². The molecule has 3 N–H and O–H groups in total. The fraction of sp³-hybridized carbons (Fsp3) is 0.440. The Bertz CT molecular complexity index is 967. The maximum Gasteiger partial charge on any atom is 0.250 e. The third-order valence-corrected chi connectivity index (χ3v) is 6.05. The predicted octanol–water partition coefficient (Wildman–Crippen LogP) is 2.01. The van der Waals surface area contributed by atoms with Gasteiger partial charge >= 0.3 is 0 Å². The highest BCUT2D eigenvalue weighted by Crippen LogP contribution is 2.47. The van der Waals surface area contributed by atoms with Crippen LogP contribution in [0.4, 0.5) is 5.69 Å². The summed E-state index contributed by atoms with van der Waals surface area (Å²) in [6.45, 7) is 0.335. The fourth-order valence-electron chi connectivity index (χ4n) is 4.56. The van der Waals surface area contributed by atoms with Crippen molar-refractivity contribution in [3.8, 4) is 5.75 Å². The van der Waals surface area contributed by atoms with E-state index in [4.69, 9.17) is 14.2 Å². The van der Waals surface area contributed by atoms with Crippen LogP contribution in [0.3, 0.4) is 0 Å². The lowest BCUT2D eigenvalue weighted by Gasteiger charge is -2.37. The molecule has 8 heteroatoms. The normalized spacial score (nSPS) is 23.2. The number of ether oxygens (including phenoxy) is 3. The SMILES string of the molecule is COCC(=O)Nc1ccc2c(c1)[C@H]1C[C@H](CC(=O)NCCc3ccccc3)O[C@@H](CO)[C@H]1O2. The Hall–Kier alpha value is -2.94. The molecule has 2 aliphatic rings. The number of hydrogen-bond acceptors (Lipinski definition) is 6. The van der Waals surface area contributed by atoms with E-state index in [1.54, 1.807) is 6.07 Å². The summed E-state index contributed by atoms with van der Waals surface area (Å²) in [6, 6.07) is 15.5. The number of rotatable bonds is 9. The van der Waals surface area contributed by atoms with Crippen LogP contribution in [0.1, 0.15) is 29.9 Å². The van der Waals surface area contributed by atoms with Crippen LogP contribution in [-0.4, -0.2) is 62.1 Å². The molecule has 0 spiro atoms. The number of nitrogens with one attached hydrogen (secondary N) is 2. The molecular weight excluding hydrogens is 424 g/mol. The monoisotopic (exact) mass is 454 g/mol. The zero-order valence-corrected chi connectivity index (χ0v) is 18.7. The van der Waals surface area contributed by atoms with Crippen LogP contribution in [0.25, 0.3) is 0 Å². The summed E-state index contributed by atoms with van der Waals surface area (Å²) >= 11 is 0. The van der Waals surface area contributed by atoms with Gasteiger partial charge in [0.15, 0.2) is 0 Å². The summed E-state index contributed by atoms with van der Waals surface area (Å²) in [5.41, 5.74) is 2.77. The van der Waals surface area contributed by atoms with Gasteiger partial charge < -0.3 is 30.0 Å². The van der Waals surface area contributed by atoms with Gasteiger partial charge in [-0.05, 0) is 36.6 Å². The number of anilines is 1. The van der Waals surface area contributed by atoms with E-state index < -0.39 is 6.10 Å². The molecular formula is C25H30N2O6. The minimum absolute atomic E-state index is 0.0263. The number of aliphatic hydroxyl groups excluding tert-OH is 1. The molecule has 4 atom stereocenters. The molecule has 1 saturated heterocycles. The highest BCUT2D eigenvalue weighted by molar-refractivity contribution is 5.92. The van der Waals surface area contributed by atoms with Crippen LogP contribution >= 0.6 is 0 Å². The first-order valence-electron chi connectivity index (χ1n) is 11.2. The second kappa shape index (κ2) is 10.8. The second-order valence-electron chi connectivity index (χ2n) is 8.43. The lowest BCUT2D eigenvalue weighted by atomic mass is 9.84. The van der Waals surface area contributed by atoms with Gasteiger partial charge in [0.1, 0.15) is 24.6 Å². The molecule has 176 valence electrons. The van der Waals surface area contributed by atoms with Crippen molar-refractivity contribution >= 4 is 17.5 Å². The van der Waals surface area contributed by atoms with E-state index in [1.165, 1.54) is 12.7 Å². The van der Waals surface area contributed by atoms with Crippen LogP contribution < -0.4 is 15.4 Å². The smallest absolute Gasteiger partial charge is 0.250 e. The number of amides is 2. The van der Waals surface area contributed by atoms with Crippen molar-refractivity contribution in [1.29, 1.82) is 0 Å². The zero-order chi connectivity index (χ0) is 23.2. The Morgan fingerprint density at radius 1 is 1.15 bits per heavy atom.